The predicted octanol–water partition coefficient (Wildman–Crippen LogP) is 2.09. The van der Waals surface area contributed by atoms with E-state index in [1.807, 2.05) is 49.2 Å². The molecule has 2 N–H and O–H groups in total. The summed E-state index contributed by atoms with van der Waals surface area (Å²) in [6.45, 7) is 7.47. The van der Waals surface area contributed by atoms with Crippen LogP contribution in [0.4, 0.5) is 0 Å². The van der Waals surface area contributed by atoms with Gasteiger partial charge in [-0.25, -0.2) is 0 Å². The maximum atomic E-state index is 12.9. The van der Waals surface area contributed by atoms with E-state index in [2.05, 4.69) is 9.88 Å². The molecule has 3 rings (SSSR count). The van der Waals surface area contributed by atoms with Crippen LogP contribution in [0, 0.1) is 0 Å². The Balaban J connectivity index is 1.72. The fourth-order valence-electron chi connectivity index (χ4n) is 3.31. The van der Waals surface area contributed by atoms with Crippen molar-refractivity contribution in [1.29, 1.82) is 0 Å². The molecule has 5 nitrogen and oxygen atoms in total. The molecule has 5 heteroatoms. The molecule has 23 heavy (non-hydrogen) atoms. The Labute approximate surface area is 136 Å². The first-order valence-corrected chi connectivity index (χ1v) is 8.24. The highest BCUT2D eigenvalue weighted by Gasteiger charge is 2.24. The Morgan fingerprint density at radius 2 is 2.04 bits per heavy atom. The number of carbonyl (C=O) groups is 1. The van der Waals surface area contributed by atoms with Crippen molar-refractivity contribution in [2.24, 2.45) is 0 Å². The Bertz CT molecular complexity index is 687. The largest absolute Gasteiger partial charge is 0.389 e. The summed E-state index contributed by atoms with van der Waals surface area (Å²) in [6.07, 6.45) is 2.80. The van der Waals surface area contributed by atoms with Crippen molar-refractivity contribution >= 4 is 16.8 Å². The highest BCUT2D eigenvalue weighted by Crippen LogP contribution is 2.19. The van der Waals surface area contributed by atoms with Crippen LogP contribution in [-0.4, -0.2) is 64.1 Å². The quantitative estimate of drug-likeness (QED) is 0.912. The van der Waals surface area contributed by atoms with Crippen LogP contribution >= 0.6 is 0 Å². The van der Waals surface area contributed by atoms with Crippen LogP contribution in [0.2, 0.25) is 0 Å². The molecule has 1 fully saturated rings. The summed E-state index contributed by atoms with van der Waals surface area (Å²) in [5.74, 6) is 0.0863. The Hall–Kier alpha value is -1.85. The van der Waals surface area contributed by atoms with Crippen LogP contribution in [0.15, 0.2) is 30.5 Å². The maximum absolute atomic E-state index is 12.9. The van der Waals surface area contributed by atoms with Gasteiger partial charge in [-0.15, -0.1) is 0 Å². The molecule has 0 atom stereocenters. The average molecular weight is 315 g/mol. The van der Waals surface area contributed by atoms with Gasteiger partial charge in [0.05, 0.1) is 16.7 Å². The van der Waals surface area contributed by atoms with E-state index in [1.54, 1.807) is 0 Å². The van der Waals surface area contributed by atoms with Crippen LogP contribution in [0.5, 0.6) is 0 Å². The minimum absolute atomic E-state index is 0.0863. The molecular weight excluding hydrogens is 290 g/mol. The van der Waals surface area contributed by atoms with Crippen LogP contribution in [0.25, 0.3) is 10.9 Å². The fraction of sp³-hybridized carbons (Fsp3) is 0.500. The monoisotopic (exact) mass is 315 g/mol. The molecule has 0 unspecified atom stereocenters. The Kier molecular flexibility index (Phi) is 4.41. The summed E-state index contributed by atoms with van der Waals surface area (Å²) in [5.41, 5.74) is 0.952. The lowest BCUT2D eigenvalue weighted by Gasteiger charge is -2.27. The minimum Gasteiger partial charge on any atom is -0.389 e. The molecule has 1 aliphatic rings. The molecule has 1 saturated heterocycles. The van der Waals surface area contributed by atoms with E-state index in [9.17, 15) is 9.90 Å². The maximum Gasteiger partial charge on any atom is 0.256 e. The van der Waals surface area contributed by atoms with Gasteiger partial charge >= 0.3 is 0 Å². The van der Waals surface area contributed by atoms with Gasteiger partial charge in [-0.3, -0.25) is 9.69 Å². The first-order valence-electron chi connectivity index (χ1n) is 8.24. The summed E-state index contributed by atoms with van der Waals surface area (Å²) in [4.78, 5) is 20.2. The van der Waals surface area contributed by atoms with Crippen LogP contribution < -0.4 is 0 Å². The van der Waals surface area contributed by atoms with Crippen molar-refractivity contribution in [2.75, 3.05) is 32.7 Å². The molecule has 0 spiro atoms. The number of nitrogens with zero attached hydrogens (tertiary/aromatic N) is 2. The molecule has 2 heterocycles. The molecule has 1 aliphatic heterocycles. The third kappa shape index (κ3) is 3.74. The molecule has 0 aliphatic carbocycles. The number of H-pyrrole nitrogens is 1. The standard InChI is InChI=1S/C18H25N3O2/c1-18(2,23)13-20-9-4-10-21(12-11-20)17(22)15-6-3-5-14-7-8-19-16(14)15/h3,5-8,19,23H,4,9-13H2,1-2H3. The zero-order valence-electron chi connectivity index (χ0n) is 13.9. The van der Waals surface area contributed by atoms with Gasteiger partial charge in [0.15, 0.2) is 0 Å². The van der Waals surface area contributed by atoms with Gasteiger partial charge < -0.3 is 15.0 Å². The number of aliphatic hydroxyl groups is 1. The van der Waals surface area contributed by atoms with E-state index in [1.165, 1.54) is 0 Å². The molecule has 2 aromatic rings. The summed E-state index contributed by atoms with van der Waals surface area (Å²) in [7, 11) is 0. The number of amides is 1. The van der Waals surface area contributed by atoms with E-state index in [0.717, 1.165) is 42.5 Å². The smallest absolute Gasteiger partial charge is 0.256 e. The predicted molar refractivity (Wildman–Crippen MR) is 91.6 cm³/mol. The number of β-amino-alcohol motifs (C(OH)–C–C–N with tert-alkyl or cyclic N) is 1. The SMILES string of the molecule is CC(C)(O)CN1CCCN(C(=O)c2cccc3cc[nH]c23)CC1. The number of para-hydroxylation sites is 1. The van der Waals surface area contributed by atoms with Gasteiger partial charge in [0.2, 0.25) is 0 Å². The minimum atomic E-state index is -0.699. The Morgan fingerprint density at radius 3 is 2.83 bits per heavy atom. The number of aromatic nitrogens is 1. The van der Waals surface area contributed by atoms with Crippen molar-refractivity contribution in [3.05, 3.63) is 36.0 Å². The second kappa shape index (κ2) is 6.34. The van der Waals surface area contributed by atoms with Crippen molar-refractivity contribution in [3.63, 3.8) is 0 Å². The third-order valence-electron chi connectivity index (χ3n) is 4.30. The zero-order valence-corrected chi connectivity index (χ0v) is 13.9. The van der Waals surface area contributed by atoms with Crippen LogP contribution in [0.1, 0.15) is 30.6 Å². The topological polar surface area (TPSA) is 59.6 Å². The Morgan fingerprint density at radius 1 is 1.22 bits per heavy atom. The number of hydrogen-bond acceptors (Lipinski definition) is 3. The normalized spacial score (nSPS) is 17.4. The van der Waals surface area contributed by atoms with Crippen molar-refractivity contribution in [3.8, 4) is 0 Å². The molecular formula is C18H25N3O2. The van der Waals surface area contributed by atoms with E-state index >= 15 is 0 Å². The highest BCUT2D eigenvalue weighted by molar-refractivity contribution is 6.05. The average Bonchev–Trinajstić information content (AvgIpc) is 2.85. The van der Waals surface area contributed by atoms with Crippen LogP contribution in [-0.2, 0) is 0 Å². The summed E-state index contributed by atoms with van der Waals surface area (Å²) in [5, 5.41) is 11.0. The highest BCUT2D eigenvalue weighted by atomic mass is 16.3. The first-order chi connectivity index (χ1) is 10.9. The molecule has 1 aromatic heterocycles. The fourth-order valence-corrected chi connectivity index (χ4v) is 3.31. The van der Waals surface area contributed by atoms with E-state index in [-0.39, 0.29) is 5.91 Å². The summed E-state index contributed by atoms with van der Waals surface area (Å²) >= 11 is 0. The molecule has 0 bridgehead atoms. The number of fused-ring (bicyclic) bond motifs is 1. The third-order valence-corrected chi connectivity index (χ3v) is 4.30. The molecule has 0 radical (unpaired) electrons. The molecule has 1 amide bonds. The number of rotatable bonds is 3. The molecule has 124 valence electrons. The number of carbonyl (C=O) groups excluding carboxylic acids is 1. The number of aromatic amines is 1. The van der Waals surface area contributed by atoms with Gasteiger partial charge in [-0.2, -0.15) is 0 Å². The van der Waals surface area contributed by atoms with Crippen LogP contribution in [0.3, 0.4) is 0 Å². The summed E-state index contributed by atoms with van der Waals surface area (Å²) in [6, 6.07) is 7.82. The molecule has 1 aromatic carbocycles. The lowest BCUT2D eigenvalue weighted by molar-refractivity contribution is 0.0374. The van der Waals surface area contributed by atoms with Crippen molar-refractivity contribution in [2.45, 2.75) is 25.9 Å². The van der Waals surface area contributed by atoms with Gasteiger partial charge in [-0.05, 0) is 32.4 Å². The van der Waals surface area contributed by atoms with Crippen molar-refractivity contribution < 1.29 is 9.90 Å². The number of nitrogens with one attached hydrogen (secondary N) is 1. The second-order valence-electron chi connectivity index (χ2n) is 6.98. The van der Waals surface area contributed by atoms with Gasteiger partial charge in [0.25, 0.3) is 5.91 Å². The van der Waals surface area contributed by atoms with Gasteiger partial charge in [0, 0.05) is 44.3 Å². The van der Waals surface area contributed by atoms with E-state index in [0.29, 0.717) is 13.1 Å². The van der Waals surface area contributed by atoms with E-state index < -0.39 is 5.60 Å². The lowest BCUT2D eigenvalue weighted by atomic mass is 10.1. The zero-order chi connectivity index (χ0) is 16.4. The summed E-state index contributed by atoms with van der Waals surface area (Å²) < 4.78 is 0. The van der Waals surface area contributed by atoms with Crippen molar-refractivity contribution in [1.82, 2.24) is 14.8 Å². The van der Waals surface area contributed by atoms with Gasteiger partial charge in [-0.1, -0.05) is 12.1 Å². The first kappa shape index (κ1) is 16.0. The number of hydrogen-bond donors (Lipinski definition) is 2. The lowest BCUT2D eigenvalue weighted by Crippen LogP contribution is -2.41. The van der Waals surface area contributed by atoms with E-state index in [4.69, 9.17) is 0 Å². The second-order valence-corrected chi connectivity index (χ2v) is 6.98. The van der Waals surface area contributed by atoms with Gasteiger partial charge in [0.1, 0.15) is 0 Å². The molecule has 0 saturated carbocycles. The number of benzene rings is 1.